The lowest BCUT2D eigenvalue weighted by Gasteiger charge is -2.31. The largest absolute Gasteiger partial charge is 0.360 e. The summed E-state index contributed by atoms with van der Waals surface area (Å²) in [7, 11) is -3.65. The average Bonchev–Trinajstić information content (AvgIpc) is 2.95. The number of aromatic nitrogens is 1. The number of nitrogens with zero attached hydrogens (tertiary/aromatic N) is 2. The summed E-state index contributed by atoms with van der Waals surface area (Å²) >= 11 is 6.04. The van der Waals surface area contributed by atoms with Crippen molar-refractivity contribution in [2.24, 2.45) is 0 Å². The van der Waals surface area contributed by atoms with E-state index in [0.717, 1.165) is 0 Å². The van der Waals surface area contributed by atoms with E-state index in [1.54, 1.807) is 38.1 Å². The molecule has 0 aliphatic carbocycles. The highest BCUT2D eigenvalue weighted by Crippen LogP contribution is 2.26. The van der Waals surface area contributed by atoms with E-state index in [1.165, 1.54) is 4.31 Å². The van der Waals surface area contributed by atoms with E-state index in [2.05, 4.69) is 10.5 Å². The lowest BCUT2D eigenvalue weighted by atomic mass is 10.1. The van der Waals surface area contributed by atoms with Gasteiger partial charge in [0.25, 0.3) is 5.91 Å². The second-order valence-corrected chi connectivity index (χ2v) is 8.57. The Labute approximate surface area is 157 Å². The summed E-state index contributed by atoms with van der Waals surface area (Å²) in [4.78, 5) is 12.5. The van der Waals surface area contributed by atoms with Crippen molar-refractivity contribution in [3.8, 4) is 0 Å². The van der Waals surface area contributed by atoms with Gasteiger partial charge in [-0.05, 0) is 38.8 Å². The molecule has 2 heterocycles. The Morgan fingerprint density at radius 2 is 1.92 bits per heavy atom. The molecule has 26 heavy (non-hydrogen) atoms. The first kappa shape index (κ1) is 18.9. The number of rotatable bonds is 4. The fourth-order valence-electron chi connectivity index (χ4n) is 3.12. The van der Waals surface area contributed by atoms with Crippen LogP contribution in [0.5, 0.6) is 0 Å². The number of carbonyl (C=O) groups excluding carboxylic acids is 1. The zero-order valence-electron chi connectivity index (χ0n) is 14.5. The molecule has 1 aliphatic heterocycles. The summed E-state index contributed by atoms with van der Waals surface area (Å²) in [5, 5.41) is 7.04. The number of sulfonamides is 1. The molecule has 1 aromatic heterocycles. The Bertz CT molecular complexity index is 898. The summed E-state index contributed by atoms with van der Waals surface area (Å²) in [6.07, 6.45) is 1.05. The number of piperidine rings is 1. The molecule has 3 rings (SSSR count). The molecular formula is C17H20ClN3O4S. The molecule has 1 aromatic carbocycles. The number of benzene rings is 1. The van der Waals surface area contributed by atoms with E-state index in [9.17, 15) is 13.2 Å². The maximum atomic E-state index is 12.8. The third-order valence-corrected chi connectivity index (χ3v) is 6.95. The molecule has 0 saturated carbocycles. The molecule has 7 nitrogen and oxygen atoms in total. The molecule has 0 radical (unpaired) electrons. The average molecular weight is 398 g/mol. The summed E-state index contributed by atoms with van der Waals surface area (Å²) < 4.78 is 32.0. The van der Waals surface area contributed by atoms with Crippen molar-refractivity contribution in [1.29, 1.82) is 0 Å². The van der Waals surface area contributed by atoms with Gasteiger partial charge in [-0.15, -0.1) is 0 Å². The van der Waals surface area contributed by atoms with E-state index in [0.29, 0.717) is 42.2 Å². The molecular weight excluding hydrogens is 378 g/mol. The zero-order chi connectivity index (χ0) is 18.9. The van der Waals surface area contributed by atoms with Gasteiger partial charge >= 0.3 is 0 Å². The fourth-order valence-corrected chi connectivity index (χ4v) is 5.10. The van der Waals surface area contributed by atoms with Crippen molar-refractivity contribution < 1.29 is 17.7 Å². The maximum absolute atomic E-state index is 12.8. The summed E-state index contributed by atoms with van der Waals surface area (Å²) in [5.74, 6) is 0.0410. The third-order valence-electron chi connectivity index (χ3n) is 4.47. The molecule has 0 bridgehead atoms. The Hall–Kier alpha value is -1.90. The van der Waals surface area contributed by atoms with E-state index >= 15 is 0 Å². The maximum Gasteiger partial charge on any atom is 0.253 e. The Morgan fingerprint density at radius 3 is 2.50 bits per heavy atom. The molecule has 1 amide bonds. The fraction of sp³-hybridized carbons (Fsp3) is 0.412. The van der Waals surface area contributed by atoms with Crippen molar-refractivity contribution in [1.82, 2.24) is 14.8 Å². The van der Waals surface area contributed by atoms with Crippen molar-refractivity contribution >= 4 is 27.5 Å². The number of hydrogen-bond acceptors (Lipinski definition) is 5. The summed E-state index contributed by atoms with van der Waals surface area (Å²) in [6, 6.07) is 6.73. The van der Waals surface area contributed by atoms with Crippen molar-refractivity contribution in [3.63, 3.8) is 0 Å². The second-order valence-electron chi connectivity index (χ2n) is 6.28. The quantitative estimate of drug-likeness (QED) is 0.855. The van der Waals surface area contributed by atoms with Gasteiger partial charge in [0, 0.05) is 19.1 Å². The number of carbonyl (C=O) groups is 1. The lowest BCUT2D eigenvalue weighted by Crippen LogP contribution is -2.46. The Kier molecular flexibility index (Phi) is 5.36. The van der Waals surface area contributed by atoms with Crippen LogP contribution in [0.4, 0.5) is 0 Å². The number of amides is 1. The van der Waals surface area contributed by atoms with Crippen molar-refractivity contribution in [2.45, 2.75) is 37.6 Å². The van der Waals surface area contributed by atoms with Gasteiger partial charge in [0.05, 0.1) is 10.6 Å². The van der Waals surface area contributed by atoms with Crippen LogP contribution in [0.25, 0.3) is 0 Å². The highest BCUT2D eigenvalue weighted by Gasteiger charge is 2.34. The molecule has 140 valence electrons. The Morgan fingerprint density at radius 1 is 1.27 bits per heavy atom. The zero-order valence-corrected chi connectivity index (χ0v) is 16.1. The molecule has 9 heteroatoms. The van der Waals surface area contributed by atoms with Crippen molar-refractivity contribution in [3.05, 3.63) is 46.3 Å². The number of aryl methyl sites for hydroxylation is 2. The van der Waals surface area contributed by atoms with Gasteiger partial charge in [0.1, 0.15) is 10.6 Å². The summed E-state index contributed by atoms with van der Waals surface area (Å²) in [5.41, 5.74) is 0.775. The number of hydrogen-bond donors (Lipinski definition) is 1. The SMILES string of the molecule is Cc1noc(C)c1S(=O)(=O)N1CCC(NC(=O)c2ccccc2Cl)CC1. The highest BCUT2D eigenvalue weighted by atomic mass is 35.5. The molecule has 0 unspecified atom stereocenters. The first-order valence-corrected chi connectivity index (χ1v) is 10.1. The molecule has 0 spiro atoms. The lowest BCUT2D eigenvalue weighted by molar-refractivity contribution is 0.0924. The van der Waals surface area contributed by atoms with Gasteiger partial charge in [0.2, 0.25) is 10.0 Å². The van der Waals surface area contributed by atoms with Gasteiger partial charge in [-0.25, -0.2) is 8.42 Å². The second kappa shape index (κ2) is 7.38. The molecule has 1 N–H and O–H groups in total. The monoisotopic (exact) mass is 397 g/mol. The van der Waals surface area contributed by atoms with Crippen LogP contribution in [0.1, 0.15) is 34.7 Å². The van der Waals surface area contributed by atoms with Crippen LogP contribution in [0.3, 0.4) is 0 Å². The minimum Gasteiger partial charge on any atom is -0.360 e. The van der Waals surface area contributed by atoms with Crippen LogP contribution in [-0.4, -0.2) is 42.9 Å². The molecule has 1 fully saturated rings. The normalized spacial score (nSPS) is 16.6. The number of halogens is 1. The van der Waals surface area contributed by atoms with Gasteiger partial charge in [0.15, 0.2) is 5.76 Å². The summed E-state index contributed by atoms with van der Waals surface area (Å²) in [6.45, 7) is 3.84. The van der Waals surface area contributed by atoms with E-state index in [4.69, 9.17) is 16.1 Å². The van der Waals surface area contributed by atoms with Crippen molar-refractivity contribution in [2.75, 3.05) is 13.1 Å². The molecule has 1 aliphatic rings. The Balaban J connectivity index is 1.64. The topological polar surface area (TPSA) is 92.5 Å². The van der Waals surface area contributed by atoms with Crippen LogP contribution in [-0.2, 0) is 10.0 Å². The van der Waals surface area contributed by atoms with Crippen LogP contribution >= 0.6 is 11.6 Å². The highest BCUT2D eigenvalue weighted by molar-refractivity contribution is 7.89. The first-order valence-electron chi connectivity index (χ1n) is 8.29. The molecule has 2 aromatic rings. The number of nitrogens with one attached hydrogen (secondary N) is 1. The van der Waals surface area contributed by atoms with E-state index in [-0.39, 0.29) is 22.6 Å². The van der Waals surface area contributed by atoms with Crippen LogP contribution in [0.2, 0.25) is 5.02 Å². The third kappa shape index (κ3) is 3.62. The van der Waals surface area contributed by atoms with Gasteiger partial charge < -0.3 is 9.84 Å². The van der Waals surface area contributed by atoms with E-state index < -0.39 is 10.0 Å². The van der Waals surface area contributed by atoms with E-state index in [1.807, 2.05) is 0 Å². The molecule has 1 saturated heterocycles. The minimum atomic E-state index is -3.65. The smallest absolute Gasteiger partial charge is 0.253 e. The van der Waals surface area contributed by atoms with Gasteiger partial charge in [-0.3, -0.25) is 4.79 Å². The first-order chi connectivity index (χ1) is 12.3. The molecule has 0 atom stereocenters. The minimum absolute atomic E-state index is 0.102. The van der Waals surface area contributed by atoms with Crippen LogP contribution < -0.4 is 5.32 Å². The van der Waals surface area contributed by atoms with Gasteiger partial charge in [-0.2, -0.15) is 4.31 Å². The standard InChI is InChI=1S/C17H20ClN3O4S/c1-11-16(12(2)25-20-11)26(23,24)21-9-7-13(8-10-21)19-17(22)14-5-3-4-6-15(14)18/h3-6,13H,7-10H2,1-2H3,(H,19,22). The van der Waals surface area contributed by atoms with Crippen LogP contribution in [0.15, 0.2) is 33.7 Å². The predicted octanol–water partition coefficient (Wildman–Crippen LogP) is 2.53. The predicted molar refractivity (Wildman–Crippen MR) is 96.7 cm³/mol. The van der Waals surface area contributed by atoms with Gasteiger partial charge in [-0.1, -0.05) is 28.9 Å². The van der Waals surface area contributed by atoms with Crippen LogP contribution in [0, 0.1) is 13.8 Å².